The summed E-state index contributed by atoms with van der Waals surface area (Å²) in [6.45, 7) is 8.24. The van der Waals surface area contributed by atoms with Crippen LogP contribution in [0.3, 0.4) is 0 Å². The second-order valence-corrected chi connectivity index (χ2v) is 13.9. The lowest BCUT2D eigenvalue weighted by Gasteiger charge is -2.17. The average Bonchev–Trinajstić information content (AvgIpc) is 3.89. The van der Waals surface area contributed by atoms with Crippen molar-refractivity contribution in [3.8, 4) is 34.3 Å². The normalized spacial score (nSPS) is 11.6. The van der Waals surface area contributed by atoms with Gasteiger partial charge in [0.1, 0.15) is 6.07 Å². The van der Waals surface area contributed by atoms with Crippen LogP contribution in [0.2, 0.25) is 0 Å². The van der Waals surface area contributed by atoms with Gasteiger partial charge in [-0.3, -0.25) is 0 Å². The van der Waals surface area contributed by atoms with Crippen LogP contribution in [0.15, 0.2) is 176 Å². The van der Waals surface area contributed by atoms with Crippen molar-refractivity contribution < 1.29 is 0 Å². The number of aromatic nitrogens is 3. The van der Waals surface area contributed by atoms with E-state index >= 15 is 0 Å². The number of benzene rings is 8. The molecule has 3 aromatic heterocycles. The van der Waals surface area contributed by atoms with Gasteiger partial charge in [-0.25, -0.2) is 4.85 Å². The molecule has 0 fully saturated rings. The Bertz CT molecular complexity index is 3400. The third-order valence-electron chi connectivity index (χ3n) is 11.1. The van der Waals surface area contributed by atoms with Gasteiger partial charge in [0.2, 0.25) is 5.69 Å². The van der Waals surface area contributed by atoms with E-state index in [1.807, 2.05) is 36.4 Å². The van der Waals surface area contributed by atoms with E-state index in [-0.39, 0.29) is 0 Å². The first-order valence-corrected chi connectivity index (χ1v) is 18.3. The first kappa shape index (κ1) is 30.7. The van der Waals surface area contributed by atoms with Crippen LogP contribution in [0, 0.1) is 17.9 Å². The Morgan fingerprint density at radius 1 is 0.455 bits per heavy atom. The number of fused-ring (bicyclic) bond motifs is 9. The smallest absolute Gasteiger partial charge is 0.211 e. The average molecular weight is 700 g/mol. The topological polar surface area (TPSA) is 42.9 Å². The van der Waals surface area contributed by atoms with E-state index in [2.05, 4.69) is 164 Å². The Morgan fingerprint density at radius 3 is 1.64 bits per heavy atom. The third-order valence-corrected chi connectivity index (χ3v) is 11.1. The minimum atomic E-state index is 0.525. The summed E-state index contributed by atoms with van der Waals surface area (Å²) in [5.41, 5.74) is 12.3. The number of nitrogens with zero attached hydrogens (tertiary/aromatic N) is 5. The van der Waals surface area contributed by atoms with Crippen molar-refractivity contribution in [1.82, 2.24) is 13.7 Å². The molecule has 0 aliphatic rings. The second kappa shape index (κ2) is 11.8. The molecule has 5 nitrogen and oxygen atoms in total. The van der Waals surface area contributed by atoms with E-state index in [0.717, 1.165) is 61.0 Å². The number of hydrogen-bond donors (Lipinski definition) is 0. The van der Waals surface area contributed by atoms with Gasteiger partial charge in [-0.1, -0.05) is 121 Å². The van der Waals surface area contributed by atoms with E-state index in [4.69, 9.17) is 6.57 Å². The fourth-order valence-corrected chi connectivity index (χ4v) is 8.87. The second-order valence-electron chi connectivity index (χ2n) is 13.9. The van der Waals surface area contributed by atoms with Crippen molar-refractivity contribution in [2.24, 2.45) is 0 Å². The molecule has 5 heteroatoms. The van der Waals surface area contributed by atoms with Gasteiger partial charge in [0, 0.05) is 38.0 Å². The highest BCUT2D eigenvalue weighted by Crippen LogP contribution is 2.43. The predicted molar refractivity (Wildman–Crippen MR) is 226 cm³/mol. The summed E-state index contributed by atoms with van der Waals surface area (Å²) in [6, 6.07) is 63.6. The van der Waals surface area contributed by atoms with Crippen LogP contribution in [0.25, 0.3) is 98.5 Å². The molecule has 0 bridgehead atoms. The van der Waals surface area contributed by atoms with Crippen molar-refractivity contribution in [1.29, 1.82) is 5.26 Å². The van der Waals surface area contributed by atoms with Gasteiger partial charge < -0.3 is 13.7 Å². The number of rotatable bonds is 4. The van der Waals surface area contributed by atoms with Crippen LogP contribution >= 0.6 is 0 Å². The van der Waals surface area contributed by atoms with Crippen molar-refractivity contribution in [2.75, 3.05) is 0 Å². The highest BCUT2D eigenvalue weighted by molar-refractivity contribution is 6.17. The molecule has 11 aromatic rings. The highest BCUT2D eigenvalue weighted by Gasteiger charge is 2.22. The molecule has 0 aliphatic heterocycles. The summed E-state index contributed by atoms with van der Waals surface area (Å²) in [4.78, 5) is 4.02. The minimum Gasteiger partial charge on any atom is -0.317 e. The predicted octanol–water partition coefficient (Wildman–Crippen LogP) is 13.1. The lowest BCUT2D eigenvalue weighted by Crippen LogP contribution is -2.00. The first-order chi connectivity index (χ1) is 27.2. The van der Waals surface area contributed by atoms with Crippen LogP contribution < -0.4 is 0 Å². The van der Waals surface area contributed by atoms with Gasteiger partial charge >= 0.3 is 0 Å². The van der Waals surface area contributed by atoms with Gasteiger partial charge in [0.15, 0.2) is 0 Å². The summed E-state index contributed by atoms with van der Waals surface area (Å²) in [5.74, 6) is 0. The van der Waals surface area contributed by atoms with E-state index in [0.29, 0.717) is 11.3 Å². The van der Waals surface area contributed by atoms with Crippen molar-refractivity contribution in [2.45, 2.75) is 0 Å². The highest BCUT2D eigenvalue weighted by atomic mass is 15.0. The van der Waals surface area contributed by atoms with E-state index in [1.165, 1.54) is 32.6 Å². The molecule has 8 aromatic carbocycles. The zero-order valence-corrected chi connectivity index (χ0v) is 29.5. The third kappa shape index (κ3) is 4.33. The Hall–Kier alpha value is -7.86. The molecule has 0 spiro atoms. The van der Waals surface area contributed by atoms with Crippen LogP contribution in [0.5, 0.6) is 0 Å². The van der Waals surface area contributed by atoms with Crippen LogP contribution in [-0.4, -0.2) is 13.7 Å². The lowest BCUT2D eigenvalue weighted by molar-refractivity contribution is 1.17. The quantitative estimate of drug-likeness (QED) is 0.169. The van der Waals surface area contributed by atoms with Crippen LogP contribution in [-0.2, 0) is 0 Å². The Balaban J connectivity index is 1.13. The standard InChI is InChI=1S/C50H29N5/c1-52-41-20-11-18-35(50(41)55-44-23-8-4-16-38(44)39-19-10-13-33(31-51)49(39)55)32-27-29-34(30-28-32)53-45-24-9-5-17-40(45)48-46(53)25-12-26-47(48)54-42-21-6-2-14-36(42)37-15-3-7-22-43(37)54/h2-30H. The maximum Gasteiger partial charge on any atom is 0.211 e. The fraction of sp³-hybridized carbons (Fsp3) is 0. The summed E-state index contributed by atoms with van der Waals surface area (Å²) < 4.78 is 6.88. The van der Waals surface area contributed by atoms with E-state index in [1.54, 1.807) is 0 Å². The molecule has 11 rings (SSSR count). The minimum absolute atomic E-state index is 0.525. The molecule has 0 radical (unpaired) electrons. The van der Waals surface area contributed by atoms with Crippen molar-refractivity contribution in [3.05, 3.63) is 193 Å². The van der Waals surface area contributed by atoms with Gasteiger partial charge in [-0.15, -0.1) is 0 Å². The zero-order chi connectivity index (χ0) is 36.6. The Kier molecular flexibility index (Phi) is 6.61. The Labute approximate surface area is 316 Å². The van der Waals surface area contributed by atoms with Gasteiger partial charge in [0.25, 0.3) is 0 Å². The number of para-hydroxylation sites is 6. The maximum atomic E-state index is 10.3. The van der Waals surface area contributed by atoms with Crippen molar-refractivity contribution in [3.63, 3.8) is 0 Å². The maximum absolute atomic E-state index is 10.3. The van der Waals surface area contributed by atoms with E-state index in [9.17, 15) is 5.26 Å². The fourth-order valence-electron chi connectivity index (χ4n) is 8.87. The monoisotopic (exact) mass is 699 g/mol. The molecule has 55 heavy (non-hydrogen) atoms. The summed E-state index contributed by atoms with van der Waals surface area (Å²) in [6.07, 6.45) is 0. The molecule has 3 heterocycles. The number of nitriles is 1. The van der Waals surface area contributed by atoms with Gasteiger partial charge in [-0.05, 0) is 65.7 Å². The zero-order valence-electron chi connectivity index (χ0n) is 29.5. The molecule has 0 N–H and O–H groups in total. The Morgan fingerprint density at radius 2 is 0.982 bits per heavy atom. The molecule has 0 unspecified atom stereocenters. The summed E-state index contributed by atoms with van der Waals surface area (Å²) in [5, 5.41) is 17.1. The van der Waals surface area contributed by atoms with Gasteiger partial charge in [-0.2, -0.15) is 5.26 Å². The largest absolute Gasteiger partial charge is 0.317 e. The van der Waals surface area contributed by atoms with Crippen LogP contribution in [0.1, 0.15) is 5.56 Å². The molecular formula is C50H29N5. The molecule has 254 valence electrons. The summed E-state index contributed by atoms with van der Waals surface area (Å²) in [7, 11) is 0. The summed E-state index contributed by atoms with van der Waals surface area (Å²) >= 11 is 0. The lowest BCUT2D eigenvalue weighted by atomic mass is 10.0. The first-order valence-electron chi connectivity index (χ1n) is 18.3. The SMILES string of the molecule is [C-]#[N+]c1cccc(-c2ccc(-n3c4ccccc4c4c(-n5c6ccccc6c6ccccc65)cccc43)cc2)c1-n1c2ccccc2c2cccc(C#N)c21. The van der Waals surface area contributed by atoms with Crippen LogP contribution in [0.4, 0.5) is 5.69 Å². The number of hydrogen-bond acceptors (Lipinski definition) is 1. The molecular weight excluding hydrogens is 671 g/mol. The molecule has 0 saturated carbocycles. The van der Waals surface area contributed by atoms with Gasteiger partial charge in [0.05, 0.1) is 56.6 Å². The van der Waals surface area contributed by atoms with Crippen molar-refractivity contribution >= 4 is 71.1 Å². The molecule has 0 saturated heterocycles. The molecule has 0 atom stereocenters. The van der Waals surface area contributed by atoms with E-state index < -0.39 is 0 Å². The molecule has 0 aliphatic carbocycles. The molecule has 0 amide bonds.